The molecule has 0 saturated heterocycles. The number of aryl methyl sites for hydroxylation is 1. The summed E-state index contributed by atoms with van der Waals surface area (Å²) >= 11 is 6.91. The number of hydrogen-bond donors (Lipinski definition) is 2. The Labute approximate surface area is 198 Å². The second-order valence-corrected chi connectivity index (χ2v) is 8.34. The third-order valence-electron chi connectivity index (χ3n) is 4.73. The summed E-state index contributed by atoms with van der Waals surface area (Å²) in [6, 6.07) is 4.93. The van der Waals surface area contributed by atoms with E-state index in [-0.39, 0.29) is 27.8 Å². The molecule has 3 aromatic rings. The van der Waals surface area contributed by atoms with E-state index >= 15 is 0 Å². The van der Waals surface area contributed by atoms with E-state index in [1.54, 1.807) is 39.0 Å². The summed E-state index contributed by atoms with van der Waals surface area (Å²) in [5.74, 6) is -2.65. The molecule has 33 heavy (non-hydrogen) atoms. The van der Waals surface area contributed by atoms with Gasteiger partial charge in [-0.1, -0.05) is 11.6 Å². The first-order chi connectivity index (χ1) is 15.7. The van der Waals surface area contributed by atoms with Crippen LogP contribution in [0.1, 0.15) is 48.6 Å². The number of rotatable bonds is 7. The Morgan fingerprint density at radius 2 is 1.82 bits per heavy atom. The maximum Gasteiger partial charge on any atom is 0.375 e. The van der Waals surface area contributed by atoms with Crippen molar-refractivity contribution in [1.82, 2.24) is 5.32 Å². The van der Waals surface area contributed by atoms with Crippen molar-refractivity contribution in [2.24, 2.45) is 0 Å². The second kappa shape index (κ2) is 10.1. The normalized spacial score (nSPS) is 10.7. The monoisotopic (exact) mass is 492 g/mol. The molecular formula is C22H21ClN2O7S. The smallest absolute Gasteiger partial charge is 0.375 e. The summed E-state index contributed by atoms with van der Waals surface area (Å²) in [6.45, 7) is 4.39. The highest BCUT2D eigenvalue weighted by Gasteiger charge is 2.27. The largest absolute Gasteiger partial charge is 0.462 e. The highest BCUT2D eigenvalue weighted by molar-refractivity contribution is 7.18. The van der Waals surface area contributed by atoms with Crippen molar-refractivity contribution in [3.63, 3.8) is 0 Å². The summed E-state index contributed by atoms with van der Waals surface area (Å²) in [4.78, 5) is 49.7. The van der Waals surface area contributed by atoms with Gasteiger partial charge in [0.15, 0.2) is 6.61 Å². The number of thiophene rings is 1. The van der Waals surface area contributed by atoms with Gasteiger partial charge in [0.2, 0.25) is 5.76 Å². The number of nitrogens with one attached hydrogen (secondary N) is 2. The molecule has 0 atom stereocenters. The van der Waals surface area contributed by atoms with Gasteiger partial charge >= 0.3 is 11.9 Å². The summed E-state index contributed by atoms with van der Waals surface area (Å²) in [5, 5.41) is 6.28. The predicted octanol–water partition coefficient (Wildman–Crippen LogP) is 4.10. The van der Waals surface area contributed by atoms with Gasteiger partial charge in [0.05, 0.1) is 17.0 Å². The van der Waals surface area contributed by atoms with Crippen LogP contribution in [-0.4, -0.2) is 44.0 Å². The molecule has 2 aromatic heterocycles. The van der Waals surface area contributed by atoms with Gasteiger partial charge in [-0.05, 0) is 44.5 Å². The molecule has 0 bridgehead atoms. The Balaban J connectivity index is 1.75. The Morgan fingerprint density at radius 3 is 2.48 bits per heavy atom. The van der Waals surface area contributed by atoms with E-state index in [1.165, 1.54) is 7.05 Å². The van der Waals surface area contributed by atoms with Gasteiger partial charge in [0.25, 0.3) is 11.8 Å². The Kier molecular flexibility index (Phi) is 7.39. The molecule has 0 aliphatic rings. The molecule has 11 heteroatoms. The van der Waals surface area contributed by atoms with Crippen LogP contribution in [-0.2, 0) is 14.3 Å². The molecule has 0 fully saturated rings. The van der Waals surface area contributed by atoms with Gasteiger partial charge in [0, 0.05) is 23.0 Å². The minimum absolute atomic E-state index is 0.0406. The van der Waals surface area contributed by atoms with Crippen molar-refractivity contribution in [2.75, 3.05) is 25.6 Å². The minimum atomic E-state index is -0.825. The van der Waals surface area contributed by atoms with Crippen LogP contribution in [0.4, 0.5) is 5.00 Å². The first-order valence-corrected chi connectivity index (χ1v) is 11.1. The molecular weight excluding hydrogens is 472 g/mol. The van der Waals surface area contributed by atoms with Crippen molar-refractivity contribution >= 4 is 62.7 Å². The van der Waals surface area contributed by atoms with Crippen molar-refractivity contribution in [1.29, 1.82) is 0 Å². The standard InChI is InChI=1S/C22H21ClN2O7S/c1-5-30-21(28)16-11(3)18(19(27)24-4)33-20(16)25-15(26)9-31-22(29)17-10(2)13-8-12(23)6-7-14(13)32-17/h6-8H,5,9H2,1-4H3,(H,24,27)(H,25,26). The van der Waals surface area contributed by atoms with Crippen molar-refractivity contribution in [3.05, 3.63) is 50.5 Å². The topological polar surface area (TPSA) is 124 Å². The SMILES string of the molecule is CCOC(=O)c1c(NC(=O)COC(=O)c2oc3ccc(Cl)cc3c2C)sc(C(=O)NC)c1C. The first kappa shape index (κ1) is 24.3. The van der Waals surface area contributed by atoms with Crippen LogP contribution in [0.2, 0.25) is 5.02 Å². The number of fused-ring (bicyclic) bond motifs is 1. The number of halogens is 1. The Morgan fingerprint density at radius 1 is 1.09 bits per heavy atom. The van der Waals surface area contributed by atoms with Gasteiger partial charge < -0.3 is 24.5 Å². The van der Waals surface area contributed by atoms with Crippen molar-refractivity contribution in [3.8, 4) is 0 Å². The molecule has 2 heterocycles. The van der Waals surface area contributed by atoms with Gasteiger partial charge in [-0.2, -0.15) is 0 Å². The fraction of sp³-hybridized carbons (Fsp3) is 0.273. The minimum Gasteiger partial charge on any atom is -0.462 e. The number of esters is 2. The third kappa shape index (κ3) is 5.01. The van der Waals surface area contributed by atoms with Crippen LogP contribution in [0.5, 0.6) is 0 Å². The van der Waals surface area contributed by atoms with Crippen LogP contribution < -0.4 is 10.6 Å². The molecule has 0 aliphatic carbocycles. The lowest BCUT2D eigenvalue weighted by molar-refractivity contribution is -0.119. The molecule has 9 nitrogen and oxygen atoms in total. The molecule has 0 saturated carbocycles. The number of carbonyl (C=O) groups is 4. The lowest BCUT2D eigenvalue weighted by atomic mass is 10.1. The van der Waals surface area contributed by atoms with Gasteiger partial charge in [-0.3, -0.25) is 9.59 Å². The summed E-state index contributed by atoms with van der Waals surface area (Å²) in [7, 11) is 1.46. The zero-order valence-electron chi connectivity index (χ0n) is 18.3. The zero-order chi connectivity index (χ0) is 24.3. The average Bonchev–Trinajstić information content (AvgIpc) is 3.28. The molecule has 174 valence electrons. The van der Waals surface area contributed by atoms with E-state index in [2.05, 4.69) is 10.6 Å². The van der Waals surface area contributed by atoms with Crippen LogP contribution >= 0.6 is 22.9 Å². The highest BCUT2D eigenvalue weighted by atomic mass is 35.5. The molecule has 2 N–H and O–H groups in total. The summed E-state index contributed by atoms with van der Waals surface area (Å²) in [6.07, 6.45) is 0. The van der Waals surface area contributed by atoms with Crippen LogP contribution in [0.15, 0.2) is 22.6 Å². The fourth-order valence-corrected chi connectivity index (χ4v) is 4.46. The molecule has 3 rings (SSSR count). The van der Waals surface area contributed by atoms with Crippen LogP contribution in [0.3, 0.4) is 0 Å². The van der Waals surface area contributed by atoms with E-state index in [0.717, 1.165) is 11.3 Å². The van der Waals surface area contributed by atoms with E-state index in [0.29, 0.717) is 27.1 Å². The molecule has 0 spiro atoms. The maximum absolute atomic E-state index is 12.5. The number of hydrogen-bond acceptors (Lipinski definition) is 8. The maximum atomic E-state index is 12.5. The number of anilines is 1. The number of furan rings is 1. The van der Waals surface area contributed by atoms with Gasteiger partial charge in [-0.25, -0.2) is 9.59 Å². The van der Waals surface area contributed by atoms with Crippen molar-refractivity contribution in [2.45, 2.75) is 20.8 Å². The number of benzene rings is 1. The second-order valence-electron chi connectivity index (χ2n) is 6.88. The van der Waals surface area contributed by atoms with Gasteiger partial charge in [-0.15, -0.1) is 11.3 Å². The molecule has 1 aromatic carbocycles. The van der Waals surface area contributed by atoms with Gasteiger partial charge in [0.1, 0.15) is 10.6 Å². The molecule has 0 unspecified atom stereocenters. The first-order valence-electron chi connectivity index (χ1n) is 9.86. The van der Waals surface area contributed by atoms with E-state index in [4.69, 9.17) is 25.5 Å². The van der Waals surface area contributed by atoms with Crippen molar-refractivity contribution < 1.29 is 33.1 Å². The molecule has 0 aliphatic heterocycles. The average molecular weight is 493 g/mol. The van der Waals surface area contributed by atoms with E-state index < -0.39 is 30.4 Å². The molecule has 2 amide bonds. The predicted molar refractivity (Wildman–Crippen MR) is 123 cm³/mol. The Hall–Kier alpha value is -3.37. The Bertz CT molecular complexity index is 1260. The lowest BCUT2D eigenvalue weighted by Gasteiger charge is -2.07. The van der Waals surface area contributed by atoms with Crippen LogP contribution in [0, 0.1) is 13.8 Å². The summed E-state index contributed by atoms with van der Waals surface area (Å²) < 4.78 is 15.7. The zero-order valence-corrected chi connectivity index (χ0v) is 19.9. The number of ether oxygens (including phenoxy) is 2. The van der Waals surface area contributed by atoms with E-state index in [1.807, 2.05) is 0 Å². The summed E-state index contributed by atoms with van der Waals surface area (Å²) in [5.41, 5.74) is 1.45. The highest BCUT2D eigenvalue weighted by Crippen LogP contribution is 2.34. The number of amides is 2. The number of carbonyl (C=O) groups excluding carboxylic acids is 4. The van der Waals surface area contributed by atoms with E-state index in [9.17, 15) is 19.2 Å². The lowest BCUT2D eigenvalue weighted by Crippen LogP contribution is -2.22. The molecule has 0 radical (unpaired) electrons. The van der Waals surface area contributed by atoms with Crippen LogP contribution in [0.25, 0.3) is 11.0 Å². The quantitative estimate of drug-likeness (QED) is 0.476. The third-order valence-corrected chi connectivity index (χ3v) is 6.17. The fourth-order valence-electron chi connectivity index (χ4n) is 3.13.